The highest BCUT2D eigenvalue weighted by Gasteiger charge is 1.98. The fourth-order valence-corrected chi connectivity index (χ4v) is 0.950. The van der Waals surface area contributed by atoms with Gasteiger partial charge in [-0.05, 0) is 30.2 Å². The Morgan fingerprint density at radius 1 is 1.55 bits per heavy atom. The van der Waals surface area contributed by atoms with Gasteiger partial charge in [0.1, 0.15) is 12.1 Å². The van der Waals surface area contributed by atoms with Crippen LogP contribution in [0.1, 0.15) is 11.1 Å². The first-order valence-electron chi connectivity index (χ1n) is 3.42. The molecule has 0 spiro atoms. The molecule has 0 aliphatic heterocycles. The predicted molar refractivity (Wildman–Crippen MR) is 40.9 cm³/mol. The minimum atomic E-state index is -0.285. The summed E-state index contributed by atoms with van der Waals surface area (Å²) < 4.78 is 12.6. The molecule has 0 radical (unpaired) electrons. The van der Waals surface area contributed by atoms with E-state index in [2.05, 4.69) is 0 Å². The van der Waals surface area contributed by atoms with Crippen LogP contribution in [0.4, 0.5) is 4.39 Å². The molecule has 0 saturated heterocycles. The molecule has 0 saturated carbocycles. The minimum Gasteiger partial charge on any atom is -0.303 e. The zero-order valence-electron chi connectivity index (χ0n) is 6.30. The van der Waals surface area contributed by atoms with Crippen LogP contribution in [0.15, 0.2) is 18.2 Å². The van der Waals surface area contributed by atoms with Crippen LogP contribution < -0.4 is 0 Å². The number of carbonyl (C=O) groups excluding carboxylic acids is 1. The van der Waals surface area contributed by atoms with E-state index in [9.17, 15) is 9.18 Å². The fraction of sp³-hybridized carbons (Fsp3) is 0.222. The van der Waals surface area contributed by atoms with Gasteiger partial charge in [-0.1, -0.05) is 6.07 Å². The number of hydrogen-bond acceptors (Lipinski definition) is 1. The molecule has 0 bridgehead atoms. The summed E-state index contributed by atoms with van der Waals surface area (Å²) in [6.07, 6.45) is 1.07. The maximum Gasteiger partial charge on any atom is 0.124 e. The van der Waals surface area contributed by atoms with E-state index < -0.39 is 0 Å². The van der Waals surface area contributed by atoms with Crippen molar-refractivity contribution in [3.05, 3.63) is 35.1 Å². The second kappa shape index (κ2) is 3.28. The zero-order chi connectivity index (χ0) is 8.27. The van der Waals surface area contributed by atoms with Crippen LogP contribution in [0.25, 0.3) is 0 Å². The van der Waals surface area contributed by atoms with Crippen molar-refractivity contribution in [2.75, 3.05) is 0 Å². The zero-order valence-corrected chi connectivity index (χ0v) is 6.30. The lowest BCUT2D eigenvalue weighted by Crippen LogP contribution is -1.91. The summed E-state index contributed by atoms with van der Waals surface area (Å²) in [5, 5.41) is 0. The van der Waals surface area contributed by atoms with E-state index in [1.807, 2.05) is 6.92 Å². The molecule has 0 N–H and O–H groups in total. The monoisotopic (exact) mass is 152 g/mol. The SMILES string of the molecule is Cc1ccc(F)cc1CC=O. The first-order chi connectivity index (χ1) is 5.24. The molecular formula is C9H9FO. The van der Waals surface area contributed by atoms with E-state index >= 15 is 0 Å². The Morgan fingerprint density at radius 3 is 2.91 bits per heavy atom. The van der Waals surface area contributed by atoms with Crippen molar-refractivity contribution in [3.8, 4) is 0 Å². The molecule has 1 aromatic rings. The lowest BCUT2D eigenvalue weighted by Gasteiger charge is -1.99. The summed E-state index contributed by atoms with van der Waals surface area (Å²) in [4.78, 5) is 10.1. The number of rotatable bonds is 2. The Bertz CT molecular complexity index is 268. The molecule has 2 heteroatoms. The highest BCUT2D eigenvalue weighted by molar-refractivity contribution is 5.56. The lowest BCUT2D eigenvalue weighted by atomic mass is 10.1. The average molecular weight is 152 g/mol. The maximum atomic E-state index is 12.6. The molecule has 0 atom stereocenters. The largest absolute Gasteiger partial charge is 0.303 e. The van der Waals surface area contributed by atoms with Gasteiger partial charge in [-0.15, -0.1) is 0 Å². The molecule has 58 valence electrons. The summed E-state index contributed by atoms with van der Waals surface area (Å²) in [6, 6.07) is 4.46. The van der Waals surface area contributed by atoms with Crippen molar-refractivity contribution >= 4 is 6.29 Å². The van der Waals surface area contributed by atoms with Crippen molar-refractivity contribution in [2.45, 2.75) is 13.3 Å². The summed E-state index contributed by atoms with van der Waals surface area (Å²) in [5.41, 5.74) is 1.72. The number of hydrogen-bond donors (Lipinski definition) is 0. The summed E-state index contributed by atoms with van der Waals surface area (Å²) in [5.74, 6) is -0.285. The molecule has 0 amide bonds. The first-order valence-corrected chi connectivity index (χ1v) is 3.42. The summed E-state index contributed by atoms with van der Waals surface area (Å²) in [6.45, 7) is 1.86. The number of aryl methyl sites for hydroxylation is 1. The van der Waals surface area contributed by atoms with Crippen LogP contribution in [0, 0.1) is 12.7 Å². The maximum absolute atomic E-state index is 12.6. The van der Waals surface area contributed by atoms with Gasteiger partial charge < -0.3 is 4.79 Å². The lowest BCUT2D eigenvalue weighted by molar-refractivity contribution is -0.107. The van der Waals surface area contributed by atoms with Gasteiger partial charge in [0.2, 0.25) is 0 Å². The second-order valence-corrected chi connectivity index (χ2v) is 2.44. The van der Waals surface area contributed by atoms with Gasteiger partial charge >= 0.3 is 0 Å². The minimum absolute atomic E-state index is 0.285. The van der Waals surface area contributed by atoms with E-state index in [-0.39, 0.29) is 5.82 Å². The van der Waals surface area contributed by atoms with Crippen molar-refractivity contribution in [2.24, 2.45) is 0 Å². The Morgan fingerprint density at radius 2 is 2.27 bits per heavy atom. The Balaban J connectivity index is 3.01. The highest BCUT2D eigenvalue weighted by Crippen LogP contribution is 2.09. The van der Waals surface area contributed by atoms with Crippen LogP contribution in [-0.2, 0) is 11.2 Å². The Labute approximate surface area is 64.9 Å². The Hall–Kier alpha value is -1.18. The third kappa shape index (κ3) is 1.87. The molecule has 0 unspecified atom stereocenters. The number of carbonyl (C=O) groups is 1. The molecule has 0 fully saturated rings. The summed E-state index contributed by atoms with van der Waals surface area (Å²) in [7, 11) is 0. The Kier molecular flexibility index (Phi) is 2.36. The van der Waals surface area contributed by atoms with Gasteiger partial charge in [-0.3, -0.25) is 0 Å². The molecule has 0 heterocycles. The predicted octanol–water partition coefficient (Wildman–Crippen LogP) is 1.88. The third-order valence-electron chi connectivity index (χ3n) is 1.61. The first kappa shape index (κ1) is 7.92. The van der Waals surface area contributed by atoms with Gasteiger partial charge in [0, 0.05) is 6.42 Å². The quantitative estimate of drug-likeness (QED) is 0.591. The van der Waals surface area contributed by atoms with E-state index in [0.717, 1.165) is 17.4 Å². The normalized spacial score (nSPS) is 9.64. The number of benzene rings is 1. The van der Waals surface area contributed by atoms with Crippen molar-refractivity contribution in [1.82, 2.24) is 0 Å². The highest BCUT2D eigenvalue weighted by atomic mass is 19.1. The van der Waals surface area contributed by atoms with Crippen LogP contribution in [0.3, 0.4) is 0 Å². The van der Waals surface area contributed by atoms with Crippen LogP contribution in [-0.4, -0.2) is 6.29 Å². The van der Waals surface area contributed by atoms with Crippen molar-refractivity contribution < 1.29 is 9.18 Å². The summed E-state index contributed by atoms with van der Waals surface area (Å²) >= 11 is 0. The molecule has 0 aliphatic carbocycles. The standard InChI is InChI=1S/C9H9FO/c1-7-2-3-9(10)6-8(7)4-5-11/h2-3,5-6H,4H2,1H3. The topological polar surface area (TPSA) is 17.1 Å². The molecular weight excluding hydrogens is 143 g/mol. The van der Waals surface area contributed by atoms with E-state index in [4.69, 9.17) is 0 Å². The van der Waals surface area contributed by atoms with Crippen LogP contribution in [0.2, 0.25) is 0 Å². The van der Waals surface area contributed by atoms with E-state index in [1.165, 1.54) is 12.1 Å². The van der Waals surface area contributed by atoms with Crippen LogP contribution in [0.5, 0.6) is 0 Å². The molecule has 0 aliphatic rings. The molecule has 1 rings (SSSR count). The average Bonchev–Trinajstić information content (AvgIpc) is 1.98. The van der Waals surface area contributed by atoms with Gasteiger partial charge in [0.05, 0.1) is 0 Å². The molecule has 1 nitrogen and oxygen atoms in total. The van der Waals surface area contributed by atoms with E-state index in [1.54, 1.807) is 6.07 Å². The van der Waals surface area contributed by atoms with Gasteiger partial charge in [-0.25, -0.2) is 4.39 Å². The van der Waals surface area contributed by atoms with Crippen molar-refractivity contribution in [1.29, 1.82) is 0 Å². The number of halogens is 1. The van der Waals surface area contributed by atoms with Crippen LogP contribution >= 0.6 is 0 Å². The van der Waals surface area contributed by atoms with E-state index in [0.29, 0.717) is 6.42 Å². The third-order valence-corrected chi connectivity index (χ3v) is 1.61. The number of aldehydes is 1. The molecule has 0 aromatic heterocycles. The van der Waals surface area contributed by atoms with Crippen molar-refractivity contribution in [3.63, 3.8) is 0 Å². The van der Waals surface area contributed by atoms with Gasteiger partial charge in [-0.2, -0.15) is 0 Å². The van der Waals surface area contributed by atoms with Gasteiger partial charge in [0.15, 0.2) is 0 Å². The fourth-order valence-electron chi connectivity index (χ4n) is 0.950. The smallest absolute Gasteiger partial charge is 0.124 e. The molecule has 1 aromatic carbocycles. The molecule has 11 heavy (non-hydrogen) atoms. The van der Waals surface area contributed by atoms with Gasteiger partial charge in [0.25, 0.3) is 0 Å². The second-order valence-electron chi connectivity index (χ2n) is 2.44.